The Bertz CT molecular complexity index is 306. The second-order valence-electron chi connectivity index (χ2n) is 5.15. The third-order valence-electron chi connectivity index (χ3n) is 3.81. The SMILES string of the molecule is O=C(O)CN(C(=O)C1CCCCO1)C1CCCC1. The molecule has 0 spiro atoms. The smallest absolute Gasteiger partial charge is 0.323 e. The van der Waals surface area contributed by atoms with E-state index in [2.05, 4.69) is 0 Å². The van der Waals surface area contributed by atoms with Crippen LogP contribution in [0.4, 0.5) is 0 Å². The molecular weight excluding hydrogens is 234 g/mol. The molecule has 1 aliphatic carbocycles. The van der Waals surface area contributed by atoms with Gasteiger partial charge in [0.15, 0.2) is 0 Å². The summed E-state index contributed by atoms with van der Waals surface area (Å²) in [5, 5.41) is 8.96. The lowest BCUT2D eigenvalue weighted by Gasteiger charge is -2.32. The molecule has 2 rings (SSSR count). The molecule has 0 radical (unpaired) electrons. The zero-order valence-corrected chi connectivity index (χ0v) is 10.6. The molecule has 0 bridgehead atoms. The van der Waals surface area contributed by atoms with Gasteiger partial charge >= 0.3 is 5.97 Å². The van der Waals surface area contributed by atoms with E-state index in [0.717, 1.165) is 44.9 Å². The zero-order chi connectivity index (χ0) is 13.0. The fraction of sp³-hybridized carbons (Fsp3) is 0.846. The molecule has 1 amide bonds. The summed E-state index contributed by atoms with van der Waals surface area (Å²) in [7, 11) is 0. The van der Waals surface area contributed by atoms with Crippen molar-refractivity contribution in [3.05, 3.63) is 0 Å². The Labute approximate surface area is 107 Å². The average Bonchev–Trinajstić information content (AvgIpc) is 2.89. The fourth-order valence-corrected chi connectivity index (χ4v) is 2.87. The monoisotopic (exact) mass is 255 g/mol. The number of amides is 1. The maximum atomic E-state index is 12.4. The van der Waals surface area contributed by atoms with Gasteiger partial charge in [0.2, 0.25) is 0 Å². The quantitative estimate of drug-likeness (QED) is 0.824. The normalized spacial score (nSPS) is 25.0. The Morgan fingerprint density at radius 3 is 2.33 bits per heavy atom. The van der Waals surface area contributed by atoms with Gasteiger partial charge < -0.3 is 14.7 Å². The highest BCUT2D eigenvalue weighted by molar-refractivity contribution is 5.85. The number of hydrogen-bond donors (Lipinski definition) is 1. The van der Waals surface area contributed by atoms with Crippen molar-refractivity contribution in [2.45, 2.75) is 57.1 Å². The molecule has 1 saturated carbocycles. The van der Waals surface area contributed by atoms with Gasteiger partial charge in [0.1, 0.15) is 12.6 Å². The molecule has 1 heterocycles. The molecule has 0 aromatic carbocycles. The van der Waals surface area contributed by atoms with Crippen LogP contribution >= 0.6 is 0 Å². The van der Waals surface area contributed by atoms with Gasteiger partial charge in [-0.1, -0.05) is 12.8 Å². The Morgan fingerprint density at radius 1 is 1.11 bits per heavy atom. The fourth-order valence-electron chi connectivity index (χ4n) is 2.87. The molecule has 2 fully saturated rings. The number of carboxylic acids is 1. The van der Waals surface area contributed by atoms with E-state index < -0.39 is 12.1 Å². The van der Waals surface area contributed by atoms with Crippen molar-refractivity contribution >= 4 is 11.9 Å². The Kier molecular flexibility index (Phi) is 4.58. The molecule has 5 heteroatoms. The summed E-state index contributed by atoms with van der Waals surface area (Å²) in [6.45, 7) is 0.422. The molecule has 1 unspecified atom stereocenters. The first-order valence-corrected chi connectivity index (χ1v) is 6.82. The Morgan fingerprint density at radius 2 is 1.78 bits per heavy atom. The van der Waals surface area contributed by atoms with Crippen LogP contribution < -0.4 is 0 Å². The summed E-state index contributed by atoms with van der Waals surface area (Å²) in [5.41, 5.74) is 0. The molecule has 0 aromatic rings. The minimum Gasteiger partial charge on any atom is -0.480 e. The van der Waals surface area contributed by atoms with E-state index in [-0.39, 0.29) is 18.5 Å². The molecule has 1 atom stereocenters. The summed E-state index contributed by atoms with van der Waals surface area (Å²) >= 11 is 0. The minimum atomic E-state index is -0.939. The van der Waals surface area contributed by atoms with E-state index in [4.69, 9.17) is 9.84 Å². The summed E-state index contributed by atoms with van der Waals surface area (Å²) < 4.78 is 5.48. The van der Waals surface area contributed by atoms with Crippen LogP contribution in [-0.4, -0.2) is 47.2 Å². The van der Waals surface area contributed by atoms with E-state index >= 15 is 0 Å². The van der Waals surface area contributed by atoms with Crippen molar-refractivity contribution in [3.8, 4) is 0 Å². The lowest BCUT2D eigenvalue weighted by Crippen LogP contribution is -2.48. The maximum Gasteiger partial charge on any atom is 0.323 e. The Balaban J connectivity index is 2.01. The minimum absolute atomic E-state index is 0.0964. The van der Waals surface area contributed by atoms with Crippen molar-refractivity contribution in [2.24, 2.45) is 0 Å². The molecule has 0 aromatic heterocycles. The predicted molar refractivity (Wildman–Crippen MR) is 65.2 cm³/mol. The van der Waals surface area contributed by atoms with Crippen molar-refractivity contribution in [2.75, 3.05) is 13.2 Å². The maximum absolute atomic E-state index is 12.4. The standard InChI is InChI=1S/C13H21NO4/c15-12(16)9-14(10-5-1-2-6-10)13(17)11-7-3-4-8-18-11/h10-11H,1-9H2,(H,15,16). The number of aliphatic carboxylic acids is 1. The van der Waals surface area contributed by atoms with Gasteiger partial charge in [-0.25, -0.2) is 0 Å². The van der Waals surface area contributed by atoms with Crippen LogP contribution in [0, 0.1) is 0 Å². The van der Waals surface area contributed by atoms with Gasteiger partial charge in [-0.05, 0) is 32.1 Å². The summed E-state index contributed by atoms with van der Waals surface area (Å²) in [6.07, 6.45) is 6.30. The van der Waals surface area contributed by atoms with Crippen molar-refractivity contribution < 1.29 is 19.4 Å². The van der Waals surface area contributed by atoms with Crippen molar-refractivity contribution in [3.63, 3.8) is 0 Å². The van der Waals surface area contributed by atoms with Crippen LogP contribution in [-0.2, 0) is 14.3 Å². The summed E-state index contributed by atoms with van der Waals surface area (Å²) in [5.74, 6) is -1.06. The second-order valence-corrected chi connectivity index (χ2v) is 5.15. The van der Waals surface area contributed by atoms with E-state index in [9.17, 15) is 9.59 Å². The lowest BCUT2D eigenvalue weighted by molar-refractivity contribution is -0.155. The molecular formula is C13H21NO4. The number of carboxylic acid groups (broad SMARTS) is 1. The molecule has 1 aliphatic heterocycles. The van der Waals surface area contributed by atoms with Crippen LogP contribution in [0.5, 0.6) is 0 Å². The van der Waals surface area contributed by atoms with Crippen LogP contribution in [0.3, 0.4) is 0 Å². The van der Waals surface area contributed by atoms with Crippen LogP contribution in [0.1, 0.15) is 44.9 Å². The first kappa shape index (κ1) is 13.3. The number of hydrogen-bond acceptors (Lipinski definition) is 3. The molecule has 2 aliphatic rings. The largest absolute Gasteiger partial charge is 0.480 e. The summed E-state index contributed by atoms with van der Waals surface area (Å²) in [4.78, 5) is 24.8. The van der Waals surface area contributed by atoms with Crippen molar-refractivity contribution in [1.29, 1.82) is 0 Å². The highest BCUT2D eigenvalue weighted by Gasteiger charge is 2.33. The molecule has 5 nitrogen and oxygen atoms in total. The Hall–Kier alpha value is -1.10. The first-order valence-electron chi connectivity index (χ1n) is 6.82. The highest BCUT2D eigenvalue weighted by Crippen LogP contribution is 2.25. The van der Waals surface area contributed by atoms with E-state index in [0.29, 0.717) is 6.61 Å². The van der Waals surface area contributed by atoms with E-state index in [1.807, 2.05) is 0 Å². The molecule has 18 heavy (non-hydrogen) atoms. The van der Waals surface area contributed by atoms with Crippen LogP contribution in [0.2, 0.25) is 0 Å². The average molecular weight is 255 g/mol. The van der Waals surface area contributed by atoms with Gasteiger partial charge in [0.25, 0.3) is 5.91 Å². The molecule has 1 saturated heterocycles. The number of nitrogens with zero attached hydrogens (tertiary/aromatic N) is 1. The van der Waals surface area contributed by atoms with Gasteiger partial charge in [0, 0.05) is 12.6 Å². The van der Waals surface area contributed by atoms with E-state index in [1.165, 1.54) is 4.90 Å². The third kappa shape index (κ3) is 3.22. The van der Waals surface area contributed by atoms with Gasteiger partial charge in [-0.15, -0.1) is 0 Å². The van der Waals surface area contributed by atoms with Crippen molar-refractivity contribution in [1.82, 2.24) is 4.90 Å². The molecule has 1 N–H and O–H groups in total. The number of ether oxygens (including phenoxy) is 1. The zero-order valence-electron chi connectivity index (χ0n) is 10.6. The number of carbonyl (C=O) groups is 2. The lowest BCUT2D eigenvalue weighted by atomic mass is 10.1. The number of carbonyl (C=O) groups excluding carboxylic acids is 1. The van der Waals surface area contributed by atoms with E-state index in [1.54, 1.807) is 0 Å². The number of rotatable bonds is 4. The predicted octanol–water partition coefficient (Wildman–Crippen LogP) is 1.41. The molecule has 102 valence electrons. The third-order valence-corrected chi connectivity index (χ3v) is 3.81. The van der Waals surface area contributed by atoms with Gasteiger partial charge in [-0.2, -0.15) is 0 Å². The highest BCUT2D eigenvalue weighted by atomic mass is 16.5. The summed E-state index contributed by atoms with van der Waals surface area (Å²) in [6, 6.07) is 0.0964. The van der Waals surface area contributed by atoms with Gasteiger partial charge in [-0.3, -0.25) is 9.59 Å². The second kappa shape index (κ2) is 6.18. The topological polar surface area (TPSA) is 66.8 Å². The van der Waals surface area contributed by atoms with Crippen LogP contribution in [0.15, 0.2) is 0 Å². The van der Waals surface area contributed by atoms with Crippen LogP contribution in [0.25, 0.3) is 0 Å². The van der Waals surface area contributed by atoms with Gasteiger partial charge in [0.05, 0.1) is 0 Å². The first-order chi connectivity index (χ1) is 8.68.